The standard InChI is InChI=1S/C20H23N5O4/c1-12-9-13-10-14(29-4)5-6-15(13)25-17(12)22-24(19(25)28)11-16(26)23-8-7-21-18(27)20(23,2)3/h5-6,9-10H,7-8,11H2,1-4H3,(H,21,27). The van der Waals surface area contributed by atoms with Crippen LogP contribution in [-0.2, 0) is 16.1 Å². The number of nitrogens with one attached hydrogen (secondary N) is 1. The van der Waals surface area contributed by atoms with Crippen LogP contribution in [0.5, 0.6) is 5.75 Å². The number of hydrogen-bond donors (Lipinski definition) is 1. The molecule has 1 fully saturated rings. The van der Waals surface area contributed by atoms with E-state index in [4.69, 9.17) is 4.74 Å². The van der Waals surface area contributed by atoms with Crippen molar-refractivity contribution in [2.45, 2.75) is 32.9 Å². The number of ether oxygens (including phenoxy) is 1. The van der Waals surface area contributed by atoms with Gasteiger partial charge in [0.1, 0.15) is 17.8 Å². The molecule has 3 aromatic rings. The number of methoxy groups -OCH3 is 1. The minimum Gasteiger partial charge on any atom is -0.497 e. The van der Waals surface area contributed by atoms with Gasteiger partial charge in [-0.15, -0.1) is 5.10 Å². The molecule has 0 radical (unpaired) electrons. The first-order valence-corrected chi connectivity index (χ1v) is 9.39. The van der Waals surface area contributed by atoms with Crippen LogP contribution in [0.4, 0.5) is 0 Å². The molecule has 29 heavy (non-hydrogen) atoms. The lowest BCUT2D eigenvalue weighted by molar-refractivity contribution is -0.149. The smallest absolute Gasteiger partial charge is 0.351 e. The summed E-state index contributed by atoms with van der Waals surface area (Å²) in [4.78, 5) is 39.6. The van der Waals surface area contributed by atoms with Crippen molar-refractivity contribution in [3.05, 3.63) is 40.3 Å². The van der Waals surface area contributed by atoms with Gasteiger partial charge in [-0.05, 0) is 50.6 Å². The summed E-state index contributed by atoms with van der Waals surface area (Å²) in [6, 6.07) is 7.37. The average molecular weight is 397 g/mol. The summed E-state index contributed by atoms with van der Waals surface area (Å²) in [6.45, 7) is 5.80. The number of rotatable bonds is 3. The van der Waals surface area contributed by atoms with E-state index in [2.05, 4.69) is 10.4 Å². The highest BCUT2D eigenvalue weighted by atomic mass is 16.5. The predicted molar refractivity (Wildman–Crippen MR) is 107 cm³/mol. The summed E-state index contributed by atoms with van der Waals surface area (Å²) < 4.78 is 7.94. The van der Waals surface area contributed by atoms with E-state index in [0.29, 0.717) is 30.0 Å². The Morgan fingerprint density at radius 3 is 2.76 bits per heavy atom. The second-order valence-corrected chi connectivity index (χ2v) is 7.71. The maximum absolute atomic E-state index is 13.1. The zero-order valence-corrected chi connectivity index (χ0v) is 16.9. The Labute approximate surface area is 166 Å². The summed E-state index contributed by atoms with van der Waals surface area (Å²) >= 11 is 0. The minimum atomic E-state index is -0.975. The van der Waals surface area contributed by atoms with Crippen LogP contribution >= 0.6 is 0 Å². The molecule has 1 aliphatic rings. The van der Waals surface area contributed by atoms with Crippen LogP contribution < -0.4 is 15.7 Å². The van der Waals surface area contributed by atoms with Crippen molar-refractivity contribution in [1.29, 1.82) is 0 Å². The van der Waals surface area contributed by atoms with E-state index in [1.165, 1.54) is 9.30 Å². The van der Waals surface area contributed by atoms with Crippen LogP contribution in [0.25, 0.3) is 16.6 Å². The Morgan fingerprint density at radius 2 is 2.03 bits per heavy atom. The molecule has 1 saturated heterocycles. The average Bonchev–Trinajstić information content (AvgIpc) is 3.00. The molecule has 2 amide bonds. The molecule has 0 unspecified atom stereocenters. The SMILES string of the molecule is COc1ccc2c(c1)cc(C)c1nn(CC(=O)N3CCNC(=O)C3(C)C)c(=O)n12. The second-order valence-electron chi connectivity index (χ2n) is 7.71. The van der Waals surface area contributed by atoms with Gasteiger partial charge in [-0.3, -0.25) is 9.59 Å². The maximum Gasteiger partial charge on any atom is 0.351 e. The van der Waals surface area contributed by atoms with E-state index in [1.54, 1.807) is 33.1 Å². The molecule has 3 heterocycles. The summed E-state index contributed by atoms with van der Waals surface area (Å²) in [6.07, 6.45) is 0. The first kappa shape index (κ1) is 19.0. The van der Waals surface area contributed by atoms with Gasteiger partial charge in [0.25, 0.3) is 0 Å². The van der Waals surface area contributed by atoms with Crippen molar-refractivity contribution >= 4 is 28.4 Å². The molecular weight excluding hydrogens is 374 g/mol. The molecule has 0 spiro atoms. The Hall–Kier alpha value is -3.36. The minimum absolute atomic E-state index is 0.213. The molecule has 9 nitrogen and oxygen atoms in total. The molecule has 0 bridgehead atoms. The van der Waals surface area contributed by atoms with E-state index in [9.17, 15) is 14.4 Å². The second kappa shape index (κ2) is 6.61. The lowest BCUT2D eigenvalue weighted by atomic mass is 9.99. The molecular formula is C20H23N5O4. The van der Waals surface area contributed by atoms with Gasteiger partial charge in [-0.1, -0.05) is 0 Å². The van der Waals surface area contributed by atoms with E-state index in [-0.39, 0.29) is 18.4 Å². The lowest BCUT2D eigenvalue weighted by Gasteiger charge is -2.41. The van der Waals surface area contributed by atoms with E-state index in [0.717, 1.165) is 15.6 Å². The van der Waals surface area contributed by atoms with Gasteiger partial charge < -0.3 is 15.0 Å². The Balaban J connectivity index is 1.77. The van der Waals surface area contributed by atoms with Crippen molar-refractivity contribution < 1.29 is 14.3 Å². The number of hydrogen-bond acceptors (Lipinski definition) is 5. The van der Waals surface area contributed by atoms with Crippen LogP contribution in [0.15, 0.2) is 29.1 Å². The highest BCUT2D eigenvalue weighted by Crippen LogP contribution is 2.23. The fraction of sp³-hybridized carbons (Fsp3) is 0.400. The summed E-state index contributed by atoms with van der Waals surface area (Å²) in [5.41, 5.74) is 0.624. The molecule has 1 aromatic carbocycles. The quantitative estimate of drug-likeness (QED) is 0.702. The van der Waals surface area contributed by atoms with Crippen LogP contribution in [-0.4, -0.2) is 56.6 Å². The van der Waals surface area contributed by atoms with Crippen molar-refractivity contribution in [2.75, 3.05) is 20.2 Å². The monoisotopic (exact) mass is 397 g/mol. The number of fused-ring (bicyclic) bond motifs is 3. The van der Waals surface area contributed by atoms with Crippen molar-refractivity contribution in [3.63, 3.8) is 0 Å². The number of amides is 2. The zero-order valence-electron chi connectivity index (χ0n) is 16.9. The van der Waals surface area contributed by atoms with Crippen molar-refractivity contribution in [2.24, 2.45) is 0 Å². The Bertz CT molecular complexity index is 1210. The number of piperazine rings is 1. The van der Waals surface area contributed by atoms with Gasteiger partial charge >= 0.3 is 5.69 Å². The normalized spacial score (nSPS) is 16.3. The fourth-order valence-corrected chi connectivity index (χ4v) is 3.81. The molecule has 4 rings (SSSR count). The molecule has 1 aliphatic heterocycles. The van der Waals surface area contributed by atoms with Crippen molar-refractivity contribution in [3.8, 4) is 5.75 Å². The van der Waals surface area contributed by atoms with Gasteiger partial charge in [-0.2, -0.15) is 0 Å². The van der Waals surface area contributed by atoms with E-state index >= 15 is 0 Å². The molecule has 0 aliphatic carbocycles. The number of nitrogens with zero attached hydrogens (tertiary/aromatic N) is 4. The highest BCUT2D eigenvalue weighted by molar-refractivity contribution is 5.92. The maximum atomic E-state index is 13.1. The third-order valence-electron chi connectivity index (χ3n) is 5.48. The fourth-order valence-electron chi connectivity index (χ4n) is 3.81. The molecule has 9 heteroatoms. The predicted octanol–water partition coefficient (Wildman–Crippen LogP) is 0.703. The molecule has 0 atom stereocenters. The largest absolute Gasteiger partial charge is 0.497 e. The van der Waals surface area contributed by atoms with E-state index < -0.39 is 11.2 Å². The van der Waals surface area contributed by atoms with Crippen LogP contribution in [0, 0.1) is 6.92 Å². The highest BCUT2D eigenvalue weighted by Gasteiger charge is 2.40. The third kappa shape index (κ3) is 2.93. The topological polar surface area (TPSA) is 97.9 Å². The third-order valence-corrected chi connectivity index (χ3v) is 5.48. The van der Waals surface area contributed by atoms with Gasteiger partial charge in [0.15, 0.2) is 5.65 Å². The first-order valence-electron chi connectivity index (χ1n) is 9.39. The Kier molecular flexibility index (Phi) is 4.33. The van der Waals surface area contributed by atoms with Gasteiger partial charge in [-0.25, -0.2) is 13.9 Å². The lowest BCUT2D eigenvalue weighted by Crippen LogP contribution is -2.64. The number of carbonyl (C=O) groups is 2. The zero-order chi connectivity index (χ0) is 20.9. The summed E-state index contributed by atoms with van der Waals surface area (Å²) in [5, 5.41) is 8.00. The first-order chi connectivity index (χ1) is 13.7. The number of benzene rings is 1. The van der Waals surface area contributed by atoms with Gasteiger partial charge in [0.05, 0.1) is 12.6 Å². The summed E-state index contributed by atoms with van der Waals surface area (Å²) in [7, 11) is 1.59. The molecule has 2 aromatic heterocycles. The number of aromatic nitrogens is 3. The molecule has 1 N–H and O–H groups in total. The number of pyridine rings is 1. The molecule has 152 valence electrons. The van der Waals surface area contributed by atoms with Crippen LogP contribution in [0.3, 0.4) is 0 Å². The van der Waals surface area contributed by atoms with Crippen LogP contribution in [0.2, 0.25) is 0 Å². The van der Waals surface area contributed by atoms with Gasteiger partial charge in [0, 0.05) is 18.5 Å². The molecule has 0 saturated carbocycles. The van der Waals surface area contributed by atoms with Gasteiger partial charge in [0.2, 0.25) is 11.8 Å². The number of carbonyl (C=O) groups excluding carboxylic acids is 2. The van der Waals surface area contributed by atoms with E-state index in [1.807, 2.05) is 19.1 Å². The summed E-state index contributed by atoms with van der Waals surface area (Å²) in [5.74, 6) is 0.159. The number of aryl methyl sites for hydroxylation is 1. The van der Waals surface area contributed by atoms with Crippen LogP contribution in [0.1, 0.15) is 19.4 Å². The van der Waals surface area contributed by atoms with Crippen molar-refractivity contribution in [1.82, 2.24) is 24.4 Å². The Morgan fingerprint density at radius 1 is 1.28 bits per heavy atom.